The average Bonchev–Trinajstić information content (AvgIpc) is 3.62. The number of likely N-dealkylation sites (tertiary alicyclic amines) is 1. The van der Waals surface area contributed by atoms with Crippen LogP contribution in [0.2, 0.25) is 0 Å². The van der Waals surface area contributed by atoms with Gasteiger partial charge in [-0.1, -0.05) is 18.7 Å². The van der Waals surface area contributed by atoms with Gasteiger partial charge in [0.25, 0.3) is 0 Å². The Hall–Kier alpha value is -5.16. The van der Waals surface area contributed by atoms with Crippen LogP contribution in [-0.4, -0.2) is 79.9 Å². The number of carbonyl (C=O) groups excluding carboxylic acids is 2. The molecule has 14 heteroatoms. The van der Waals surface area contributed by atoms with Gasteiger partial charge in [0.05, 0.1) is 40.6 Å². The summed E-state index contributed by atoms with van der Waals surface area (Å²) in [5.41, 5.74) is -1.02. The Balaban J connectivity index is 1.79. The van der Waals surface area contributed by atoms with Crippen molar-refractivity contribution in [3.05, 3.63) is 88.7 Å². The molecule has 47 heavy (non-hydrogen) atoms. The van der Waals surface area contributed by atoms with Gasteiger partial charge in [0.1, 0.15) is 11.7 Å². The number of imidazole rings is 1. The second-order valence-corrected chi connectivity index (χ2v) is 11.4. The standard InChI is InChI=1S/C33H37F3N8O3/c1-7-24(20-37)12-11-21(2)44-28(13-16-38-44)29-23(4)42(27-10-8-9-25(19-27)33(34,35)36)32(47)43(29)31(46)39-22(3)30(45)41-17-14-26(15-18-41)40(5)6/h7-13,16,19,22,26H,2,14-15,17-18H2,1,3-6H3,(H,39,46)/b12-11-,24-7+/t22-/m0/s1. The molecule has 1 aliphatic heterocycles. The van der Waals surface area contributed by atoms with Gasteiger partial charge in [-0.15, -0.1) is 0 Å². The molecule has 3 heterocycles. The number of alkyl halides is 3. The third kappa shape index (κ3) is 7.30. The highest BCUT2D eigenvalue weighted by molar-refractivity contribution is 5.90. The van der Waals surface area contributed by atoms with E-state index in [1.165, 1.54) is 55.1 Å². The monoisotopic (exact) mass is 650 g/mol. The molecule has 1 saturated heterocycles. The molecule has 3 aromatic rings. The fraction of sp³-hybridized carbons (Fsp3) is 0.364. The highest BCUT2D eigenvalue weighted by atomic mass is 19.4. The number of nitrogens with one attached hydrogen (secondary N) is 1. The lowest BCUT2D eigenvalue weighted by Crippen LogP contribution is -2.52. The summed E-state index contributed by atoms with van der Waals surface area (Å²) in [6, 6.07) is 6.13. The number of allylic oxidation sites excluding steroid dienone is 5. The molecule has 0 unspecified atom stereocenters. The van der Waals surface area contributed by atoms with Gasteiger partial charge in [0, 0.05) is 24.7 Å². The highest BCUT2D eigenvalue weighted by Crippen LogP contribution is 2.32. The highest BCUT2D eigenvalue weighted by Gasteiger charge is 2.33. The van der Waals surface area contributed by atoms with Crippen molar-refractivity contribution >= 4 is 17.6 Å². The first kappa shape index (κ1) is 34.7. The van der Waals surface area contributed by atoms with E-state index in [2.05, 4.69) is 21.9 Å². The summed E-state index contributed by atoms with van der Waals surface area (Å²) in [7, 11) is 3.97. The summed E-state index contributed by atoms with van der Waals surface area (Å²) in [5.74, 6) is -0.319. The lowest BCUT2D eigenvalue weighted by Gasteiger charge is -2.36. The van der Waals surface area contributed by atoms with Gasteiger partial charge in [-0.3, -0.25) is 9.36 Å². The predicted molar refractivity (Wildman–Crippen MR) is 172 cm³/mol. The van der Waals surface area contributed by atoms with E-state index >= 15 is 0 Å². The quantitative estimate of drug-likeness (QED) is 0.276. The number of piperidine rings is 1. The summed E-state index contributed by atoms with van der Waals surface area (Å²) >= 11 is 0. The van der Waals surface area contributed by atoms with E-state index in [4.69, 9.17) is 0 Å². The molecule has 0 aliphatic carbocycles. The van der Waals surface area contributed by atoms with Crippen molar-refractivity contribution in [1.82, 2.24) is 34.0 Å². The maximum atomic E-state index is 14.0. The van der Waals surface area contributed by atoms with Crippen LogP contribution in [0, 0.1) is 18.3 Å². The van der Waals surface area contributed by atoms with Crippen LogP contribution in [0.1, 0.15) is 37.9 Å². The summed E-state index contributed by atoms with van der Waals surface area (Å²) in [5, 5.41) is 16.2. The fourth-order valence-electron chi connectivity index (χ4n) is 5.57. The molecule has 0 spiro atoms. The lowest BCUT2D eigenvalue weighted by molar-refractivity contribution is -0.137. The second kappa shape index (κ2) is 14.1. The van der Waals surface area contributed by atoms with Gasteiger partial charge in [0.15, 0.2) is 0 Å². The molecule has 11 nitrogen and oxygen atoms in total. The maximum Gasteiger partial charge on any atom is 0.416 e. The van der Waals surface area contributed by atoms with Gasteiger partial charge < -0.3 is 15.1 Å². The average molecular weight is 651 g/mol. The fourth-order valence-corrected chi connectivity index (χ4v) is 5.57. The van der Waals surface area contributed by atoms with Gasteiger partial charge in [-0.2, -0.15) is 23.5 Å². The molecule has 2 aromatic heterocycles. The smallest absolute Gasteiger partial charge is 0.341 e. The van der Waals surface area contributed by atoms with Crippen molar-refractivity contribution in [3.63, 3.8) is 0 Å². The van der Waals surface area contributed by atoms with Crippen LogP contribution in [0.15, 0.2) is 71.7 Å². The van der Waals surface area contributed by atoms with Crippen molar-refractivity contribution < 1.29 is 22.8 Å². The maximum absolute atomic E-state index is 14.0. The summed E-state index contributed by atoms with van der Waals surface area (Å²) < 4.78 is 44.0. The first-order valence-corrected chi connectivity index (χ1v) is 15.0. The number of benzene rings is 1. The molecule has 0 bridgehead atoms. The minimum Gasteiger partial charge on any atom is -0.341 e. The normalized spacial score (nSPS) is 15.2. The van der Waals surface area contributed by atoms with Crippen LogP contribution < -0.4 is 11.0 Å². The molecular weight excluding hydrogens is 613 g/mol. The summed E-state index contributed by atoms with van der Waals surface area (Å²) in [4.78, 5) is 45.0. The third-order valence-electron chi connectivity index (χ3n) is 8.19. The number of halogens is 3. The van der Waals surface area contributed by atoms with Crippen molar-refractivity contribution in [2.75, 3.05) is 27.2 Å². The molecule has 1 aliphatic rings. The van der Waals surface area contributed by atoms with Gasteiger partial charge in [0.2, 0.25) is 5.91 Å². The topological polar surface area (TPSA) is 121 Å². The van der Waals surface area contributed by atoms with Gasteiger partial charge in [-0.25, -0.2) is 18.8 Å². The molecule has 1 atom stereocenters. The van der Waals surface area contributed by atoms with Crippen LogP contribution in [0.5, 0.6) is 0 Å². The Bertz CT molecular complexity index is 1830. The number of rotatable bonds is 8. The molecule has 2 amide bonds. The van der Waals surface area contributed by atoms with Gasteiger partial charge in [-0.05, 0) is 84.1 Å². The van der Waals surface area contributed by atoms with Crippen molar-refractivity contribution in [3.8, 4) is 23.1 Å². The zero-order chi connectivity index (χ0) is 34.6. The second-order valence-electron chi connectivity index (χ2n) is 11.4. The van der Waals surface area contributed by atoms with Crippen LogP contribution >= 0.6 is 0 Å². The number of carbonyl (C=O) groups is 2. The lowest BCUT2D eigenvalue weighted by atomic mass is 10.0. The van der Waals surface area contributed by atoms with Crippen LogP contribution in [-0.2, 0) is 11.0 Å². The summed E-state index contributed by atoms with van der Waals surface area (Å²) in [6.07, 6.45) is 2.92. The predicted octanol–water partition coefficient (Wildman–Crippen LogP) is 4.83. The number of nitrogens with zero attached hydrogens (tertiary/aromatic N) is 7. The Morgan fingerprint density at radius 2 is 1.87 bits per heavy atom. The SMILES string of the molecule is C=C(/C=C\C(C#N)=C/C)n1nccc1-c1c(C)n(-c2cccc(C(F)(F)F)c2)c(=O)n1C(=O)N[C@@H](C)C(=O)N1CCC(N(C)C)CC1. The van der Waals surface area contributed by atoms with E-state index in [1.807, 2.05) is 20.2 Å². The first-order valence-electron chi connectivity index (χ1n) is 15.0. The molecule has 1 aromatic carbocycles. The van der Waals surface area contributed by atoms with Crippen LogP contribution in [0.3, 0.4) is 0 Å². The van der Waals surface area contributed by atoms with E-state index < -0.39 is 29.5 Å². The molecule has 1 fully saturated rings. The van der Waals surface area contributed by atoms with E-state index in [9.17, 15) is 32.8 Å². The van der Waals surface area contributed by atoms with E-state index in [0.29, 0.717) is 24.7 Å². The zero-order valence-electron chi connectivity index (χ0n) is 26.9. The number of aromatic nitrogens is 4. The van der Waals surface area contributed by atoms with Crippen LogP contribution in [0.4, 0.5) is 18.0 Å². The minimum absolute atomic E-state index is 0.0231. The van der Waals surface area contributed by atoms with E-state index in [0.717, 1.165) is 34.1 Å². The van der Waals surface area contributed by atoms with Crippen molar-refractivity contribution in [2.24, 2.45) is 0 Å². The third-order valence-corrected chi connectivity index (χ3v) is 8.19. The number of amides is 2. The van der Waals surface area contributed by atoms with Crippen LogP contribution in [0.25, 0.3) is 22.8 Å². The molecule has 248 valence electrons. The number of hydrogen-bond donors (Lipinski definition) is 1. The van der Waals surface area contributed by atoms with E-state index in [-0.39, 0.29) is 34.4 Å². The molecule has 4 rings (SSSR count). The Labute approximate surface area is 270 Å². The first-order chi connectivity index (χ1) is 22.2. The molecule has 0 radical (unpaired) electrons. The minimum atomic E-state index is -4.68. The van der Waals surface area contributed by atoms with E-state index in [1.54, 1.807) is 17.9 Å². The number of hydrogen-bond acceptors (Lipinski definition) is 6. The Kier molecular flexibility index (Phi) is 10.4. The van der Waals surface area contributed by atoms with Gasteiger partial charge >= 0.3 is 17.9 Å². The summed E-state index contributed by atoms with van der Waals surface area (Å²) in [6.45, 7) is 9.72. The Morgan fingerprint density at radius 1 is 1.19 bits per heavy atom. The van der Waals surface area contributed by atoms with Crippen molar-refractivity contribution in [1.29, 1.82) is 5.26 Å². The zero-order valence-corrected chi connectivity index (χ0v) is 26.9. The van der Waals surface area contributed by atoms with Crippen molar-refractivity contribution in [2.45, 2.75) is 51.9 Å². The molecule has 1 N–H and O–H groups in total. The largest absolute Gasteiger partial charge is 0.416 e. The molecule has 0 saturated carbocycles. The molecular formula is C33H37F3N8O3. The Morgan fingerprint density at radius 3 is 2.47 bits per heavy atom. The number of nitriles is 1.